The second-order valence-electron chi connectivity index (χ2n) is 2.52. The summed E-state index contributed by atoms with van der Waals surface area (Å²) in [5, 5.41) is 3.05. The van der Waals surface area contributed by atoms with Crippen molar-refractivity contribution in [3.05, 3.63) is 23.9 Å². The maximum atomic E-state index is 10.9. The molecular weight excluding hydrogens is 152 g/mol. The Morgan fingerprint density at radius 2 is 2.33 bits per heavy atom. The Bertz CT molecular complexity index is 266. The molecule has 64 valence electrons. The van der Waals surface area contributed by atoms with Gasteiger partial charge >= 0.3 is 0 Å². The van der Waals surface area contributed by atoms with E-state index in [0.29, 0.717) is 5.56 Å². The fourth-order valence-corrected chi connectivity index (χ4v) is 0.888. The summed E-state index contributed by atoms with van der Waals surface area (Å²) in [7, 11) is 0. The normalized spacial score (nSPS) is 9.50. The number of carbonyl (C=O) groups excluding carboxylic acids is 1. The van der Waals surface area contributed by atoms with E-state index in [1.165, 1.54) is 6.92 Å². The summed E-state index contributed by atoms with van der Waals surface area (Å²) < 4.78 is 0. The lowest BCUT2D eigenvalue weighted by atomic mass is 10.2. The average Bonchev–Trinajstić information content (AvgIpc) is 2.06. The third-order valence-corrected chi connectivity index (χ3v) is 1.53. The van der Waals surface area contributed by atoms with Crippen LogP contribution in [0.15, 0.2) is 18.3 Å². The molecule has 0 aliphatic heterocycles. The van der Waals surface area contributed by atoms with Crippen LogP contribution in [0.1, 0.15) is 24.2 Å². The molecule has 0 fully saturated rings. The SMILES string of the molecule is CCNc1ccc(C(C)=O)cn1. The summed E-state index contributed by atoms with van der Waals surface area (Å²) in [5.74, 6) is 0.855. The van der Waals surface area contributed by atoms with E-state index in [1.54, 1.807) is 18.3 Å². The summed E-state index contributed by atoms with van der Waals surface area (Å²) in [6.07, 6.45) is 1.58. The number of hydrogen-bond donors (Lipinski definition) is 1. The fourth-order valence-electron chi connectivity index (χ4n) is 0.888. The Kier molecular flexibility index (Phi) is 2.80. The Hall–Kier alpha value is -1.38. The van der Waals surface area contributed by atoms with E-state index in [0.717, 1.165) is 12.4 Å². The van der Waals surface area contributed by atoms with Crippen LogP contribution in [0.5, 0.6) is 0 Å². The second kappa shape index (κ2) is 3.85. The van der Waals surface area contributed by atoms with E-state index < -0.39 is 0 Å². The van der Waals surface area contributed by atoms with Crippen LogP contribution in [-0.4, -0.2) is 17.3 Å². The first-order valence-corrected chi connectivity index (χ1v) is 3.95. The zero-order valence-corrected chi connectivity index (χ0v) is 7.29. The average molecular weight is 164 g/mol. The van der Waals surface area contributed by atoms with Crippen LogP contribution in [-0.2, 0) is 0 Å². The minimum absolute atomic E-state index is 0.0468. The first-order valence-electron chi connectivity index (χ1n) is 3.95. The van der Waals surface area contributed by atoms with Gasteiger partial charge in [-0.15, -0.1) is 0 Å². The second-order valence-corrected chi connectivity index (χ2v) is 2.52. The summed E-state index contributed by atoms with van der Waals surface area (Å²) in [5.41, 5.74) is 0.650. The molecule has 0 amide bonds. The van der Waals surface area contributed by atoms with Crippen LogP contribution in [0.4, 0.5) is 5.82 Å². The molecule has 0 aliphatic carbocycles. The molecule has 1 N–H and O–H groups in total. The highest BCUT2D eigenvalue weighted by molar-refractivity contribution is 5.93. The Balaban J connectivity index is 2.78. The van der Waals surface area contributed by atoms with E-state index in [-0.39, 0.29) is 5.78 Å². The number of hydrogen-bond acceptors (Lipinski definition) is 3. The topological polar surface area (TPSA) is 42.0 Å². The van der Waals surface area contributed by atoms with Crippen molar-refractivity contribution in [2.75, 3.05) is 11.9 Å². The van der Waals surface area contributed by atoms with Gasteiger partial charge in [-0.25, -0.2) is 4.98 Å². The molecule has 12 heavy (non-hydrogen) atoms. The number of anilines is 1. The van der Waals surface area contributed by atoms with E-state index in [1.807, 2.05) is 6.92 Å². The van der Waals surface area contributed by atoms with E-state index in [9.17, 15) is 4.79 Å². The molecule has 0 bridgehead atoms. The van der Waals surface area contributed by atoms with E-state index in [2.05, 4.69) is 10.3 Å². The van der Waals surface area contributed by atoms with Gasteiger partial charge in [-0.3, -0.25) is 4.79 Å². The number of rotatable bonds is 3. The summed E-state index contributed by atoms with van der Waals surface area (Å²) in [6.45, 7) is 4.37. The Labute approximate surface area is 71.8 Å². The molecule has 3 nitrogen and oxygen atoms in total. The molecule has 0 saturated heterocycles. The quantitative estimate of drug-likeness (QED) is 0.691. The molecule has 0 atom stereocenters. The van der Waals surface area contributed by atoms with Crippen molar-refractivity contribution in [2.24, 2.45) is 0 Å². The molecule has 1 aromatic heterocycles. The van der Waals surface area contributed by atoms with Crippen molar-refractivity contribution in [3.8, 4) is 0 Å². The van der Waals surface area contributed by atoms with Gasteiger partial charge < -0.3 is 5.32 Å². The van der Waals surface area contributed by atoms with Crippen molar-refractivity contribution in [2.45, 2.75) is 13.8 Å². The predicted octanol–water partition coefficient (Wildman–Crippen LogP) is 1.72. The van der Waals surface area contributed by atoms with Crippen LogP contribution in [0.2, 0.25) is 0 Å². The molecule has 0 radical (unpaired) electrons. The molecule has 1 heterocycles. The smallest absolute Gasteiger partial charge is 0.161 e. The van der Waals surface area contributed by atoms with Gasteiger partial charge in [0.1, 0.15) is 5.82 Å². The monoisotopic (exact) mass is 164 g/mol. The highest BCUT2D eigenvalue weighted by Crippen LogP contribution is 2.04. The lowest BCUT2D eigenvalue weighted by Gasteiger charge is -2.01. The lowest BCUT2D eigenvalue weighted by Crippen LogP contribution is -2.00. The van der Waals surface area contributed by atoms with Gasteiger partial charge in [0, 0.05) is 18.3 Å². The highest BCUT2D eigenvalue weighted by atomic mass is 16.1. The molecule has 0 aromatic carbocycles. The summed E-state index contributed by atoms with van der Waals surface area (Å²) in [4.78, 5) is 14.9. The molecule has 1 aromatic rings. The van der Waals surface area contributed by atoms with E-state index >= 15 is 0 Å². The van der Waals surface area contributed by atoms with Gasteiger partial charge in [0.25, 0.3) is 0 Å². The summed E-state index contributed by atoms with van der Waals surface area (Å²) >= 11 is 0. The zero-order chi connectivity index (χ0) is 8.97. The molecular formula is C9H12N2O. The fraction of sp³-hybridized carbons (Fsp3) is 0.333. The van der Waals surface area contributed by atoms with Gasteiger partial charge in [0.15, 0.2) is 5.78 Å². The zero-order valence-electron chi connectivity index (χ0n) is 7.29. The van der Waals surface area contributed by atoms with Crippen LogP contribution in [0.25, 0.3) is 0 Å². The van der Waals surface area contributed by atoms with Gasteiger partial charge in [0.2, 0.25) is 0 Å². The van der Waals surface area contributed by atoms with Crippen LogP contribution >= 0.6 is 0 Å². The van der Waals surface area contributed by atoms with Crippen LogP contribution in [0.3, 0.4) is 0 Å². The standard InChI is InChI=1S/C9H12N2O/c1-3-10-9-5-4-8(6-11-9)7(2)12/h4-6H,3H2,1-2H3,(H,10,11). The largest absolute Gasteiger partial charge is 0.370 e. The van der Waals surface area contributed by atoms with Crippen LogP contribution in [0, 0.1) is 0 Å². The van der Waals surface area contributed by atoms with Crippen molar-refractivity contribution >= 4 is 11.6 Å². The number of Topliss-reactive ketones (excluding diaryl/α,β-unsaturated/α-hetero) is 1. The Morgan fingerprint density at radius 3 is 2.75 bits per heavy atom. The van der Waals surface area contributed by atoms with Crippen molar-refractivity contribution in [3.63, 3.8) is 0 Å². The molecule has 0 aliphatic rings. The van der Waals surface area contributed by atoms with Gasteiger partial charge in [-0.05, 0) is 26.0 Å². The molecule has 3 heteroatoms. The minimum Gasteiger partial charge on any atom is -0.370 e. The first kappa shape index (κ1) is 8.71. The minimum atomic E-state index is 0.0468. The third-order valence-electron chi connectivity index (χ3n) is 1.53. The highest BCUT2D eigenvalue weighted by Gasteiger charge is 1.98. The van der Waals surface area contributed by atoms with Crippen molar-refractivity contribution < 1.29 is 4.79 Å². The number of aromatic nitrogens is 1. The number of nitrogens with zero attached hydrogens (tertiary/aromatic N) is 1. The predicted molar refractivity (Wildman–Crippen MR) is 48.4 cm³/mol. The van der Waals surface area contributed by atoms with Gasteiger partial charge in [-0.1, -0.05) is 0 Å². The maximum absolute atomic E-state index is 10.9. The van der Waals surface area contributed by atoms with E-state index in [4.69, 9.17) is 0 Å². The number of ketones is 1. The number of nitrogens with one attached hydrogen (secondary N) is 1. The lowest BCUT2D eigenvalue weighted by molar-refractivity contribution is 0.101. The number of carbonyl (C=O) groups is 1. The number of pyridine rings is 1. The molecule has 0 saturated carbocycles. The summed E-state index contributed by atoms with van der Waals surface area (Å²) in [6, 6.07) is 3.58. The molecule has 0 unspecified atom stereocenters. The Morgan fingerprint density at radius 1 is 1.58 bits per heavy atom. The van der Waals surface area contributed by atoms with Gasteiger partial charge in [-0.2, -0.15) is 0 Å². The maximum Gasteiger partial charge on any atom is 0.161 e. The van der Waals surface area contributed by atoms with Crippen molar-refractivity contribution in [1.29, 1.82) is 0 Å². The molecule has 1 rings (SSSR count). The van der Waals surface area contributed by atoms with Crippen molar-refractivity contribution in [1.82, 2.24) is 4.98 Å². The molecule has 0 spiro atoms. The van der Waals surface area contributed by atoms with Crippen LogP contribution < -0.4 is 5.32 Å². The third kappa shape index (κ3) is 2.05. The first-order chi connectivity index (χ1) is 5.74. The van der Waals surface area contributed by atoms with Gasteiger partial charge in [0.05, 0.1) is 0 Å².